The van der Waals surface area contributed by atoms with Crippen molar-refractivity contribution in [2.75, 3.05) is 0 Å². The molecule has 1 atom stereocenters. The zero-order valence-corrected chi connectivity index (χ0v) is 10.7. The van der Waals surface area contributed by atoms with Crippen LogP contribution in [-0.2, 0) is 10.8 Å². The lowest BCUT2D eigenvalue weighted by molar-refractivity contribution is -0.138. The zero-order chi connectivity index (χ0) is 11.4. The Bertz CT molecular complexity index is 330. The fourth-order valence-corrected chi connectivity index (χ4v) is 2.77. The van der Waals surface area contributed by atoms with Crippen molar-refractivity contribution >= 4 is 14.8 Å². The SMILES string of the molecule is CC(C(=O)O)c1ccc(C[SiH](C)C)cc1. The smallest absolute Gasteiger partial charge is 0.310 e. The predicted octanol–water partition coefficient (Wildman–Crippen LogP) is 2.44. The molecule has 1 N–H and O–H groups in total. The number of hydrogen-bond donors (Lipinski definition) is 1. The Morgan fingerprint density at radius 3 is 2.27 bits per heavy atom. The molecule has 0 fully saturated rings. The molecule has 0 amide bonds. The summed E-state index contributed by atoms with van der Waals surface area (Å²) in [6.45, 7) is 6.34. The van der Waals surface area contributed by atoms with Crippen LogP contribution in [-0.4, -0.2) is 19.9 Å². The fraction of sp³-hybridized carbons (Fsp3) is 0.417. The van der Waals surface area contributed by atoms with Gasteiger partial charge in [-0.2, -0.15) is 0 Å². The van der Waals surface area contributed by atoms with Crippen molar-refractivity contribution in [3.8, 4) is 0 Å². The number of hydrogen-bond acceptors (Lipinski definition) is 1. The minimum atomic E-state index is -0.763. The van der Waals surface area contributed by atoms with E-state index in [4.69, 9.17) is 5.11 Å². The molecule has 0 aliphatic rings. The minimum Gasteiger partial charge on any atom is -0.481 e. The van der Waals surface area contributed by atoms with Crippen molar-refractivity contribution in [3.63, 3.8) is 0 Å². The molecule has 0 saturated heterocycles. The molecule has 0 heterocycles. The first-order valence-electron chi connectivity index (χ1n) is 5.32. The first-order valence-corrected chi connectivity index (χ1v) is 8.45. The number of carboxylic acids is 1. The predicted molar refractivity (Wildman–Crippen MR) is 65.1 cm³/mol. The second-order valence-electron chi connectivity index (χ2n) is 4.40. The van der Waals surface area contributed by atoms with Crippen molar-refractivity contribution in [1.29, 1.82) is 0 Å². The molecule has 0 radical (unpaired) electrons. The lowest BCUT2D eigenvalue weighted by Crippen LogP contribution is -2.08. The van der Waals surface area contributed by atoms with Crippen molar-refractivity contribution in [2.24, 2.45) is 0 Å². The minimum absolute atomic E-state index is 0.407. The zero-order valence-electron chi connectivity index (χ0n) is 9.53. The third-order valence-corrected chi connectivity index (χ3v) is 3.78. The maximum absolute atomic E-state index is 10.8. The fourth-order valence-electron chi connectivity index (χ4n) is 1.56. The van der Waals surface area contributed by atoms with E-state index in [1.165, 1.54) is 11.6 Å². The summed E-state index contributed by atoms with van der Waals surface area (Å²) in [6.07, 6.45) is 0. The Kier molecular flexibility index (Phi) is 4.09. The first-order chi connectivity index (χ1) is 7.00. The number of carbonyl (C=O) groups is 1. The highest BCUT2D eigenvalue weighted by atomic mass is 28.3. The van der Waals surface area contributed by atoms with Gasteiger partial charge in [0.25, 0.3) is 0 Å². The lowest BCUT2D eigenvalue weighted by Gasteiger charge is -2.08. The van der Waals surface area contributed by atoms with Crippen LogP contribution in [0, 0.1) is 0 Å². The molecule has 82 valence electrons. The van der Waals surface area contributed by atoms with Crippen LogP contribution in [0.25, 0.3) is 0 Å². The second-order valence-corrected chi connectivity index (χ2v) is 7.60. The van der Waals surface area contributed by atoms with Gasteiger partial charge in [0.2, 0.25) is 0 Å². The maximum atomic E-state index is 10.8. The highest BCUT2D eigenvalue weighted by molar-refractivity contribution is 6.55. The van der Waals surface area contributed by atoms with Gasteiger partial charge >= 0.3 is 5.97 Å². The van der Waals surface area contributed by atoms with Crippen LogP contribution in [0.1, 0.15) is 24.0 Å². The van der Waals surface area contributed by atoms with E-state index in [9.17, 15) is 4.79 Å². The number of benzene rings is 1. The molecule has 1 aromatic rings. The summed E-state index contributed by atoms with van der Waals surface area (Å²) in [6, 6.07) is 9.17. The van der Waals surface area contributed by atoms with Gasteiger partial charge < -0.3 is 5.11 Å². The molecule has 0 saturated carbocycles. The van der Waals surface area contributed by atoms with Crippen LogP contribution in [0.3, 0.4) is 0 Å². The largest absolute Gasteiger partial charge is 0.481 e. The molecular formula is C12H18O2Si. The molecule has 0 bridgehead atoms. The normalized spacial score (nSPS) is 12.8. The van der Waals surface area contributed by atoms with Gasteiger partial charge in [-0.05, 0) is 18.5 Å². The highest BCUT2D eigenvalue weighted by Gasteiger charge is 2.12. The monoisotopic (exact) mass is 222 g/mol. The van der Waals surface area contributed by atoms with E-state index >= 15 is 0 Å². The van der Waals surface area contributed by atoms with E-state index in [1.807, 2.05) is 12.1 Å². The van der Waals surface area contributed by atoms with Crippen LogP contribution in [0.5, 0.6) is 0 Å². The van der Waals surface area contributed by atoms with Crippen LogP contribution in [0.4, 0.5) is 0 Å². The van der Waals surface area contributed by atoms with Gasteiger partial charge in [-0.15, -0.1) is 0 Å². The highest BCUT2D eigenvalue weighted by Crippen LogP contribution is 2.16. The summed E-state index contributed by atoms with van der Waals surface area (Å²) < 4.78 is 0. The topological polar surface area (TPSA) is 37.3 Å². The number of aliphatic carboxylic acids is 1. The molecule has 1 aromatic carbocycles. The summed E-state index contributed by atoms with van der Waals surface area (Å²) >= 11 is 0. The molecule has 0 spiro atoms. The molecule has 0 aromatic heterocycles. The van der Waals surface area contributed by atoms with E-state index in [1.54, 1.807) is 6.92 Å². The van der Waals surface area contributed by atoms with Gasteiger partial charge in [0.15, 0.2) is 0 Å². The summed E-state index contributed by atoms with van der Waals surface area (Å²) in [5.74, 6) is -1.17. The molecule has 3 heteroatoms. The summed E-state index contributed by atoms with van der Waals surface area (Å²) in [5, 5.41) is 8.86. The van der Waals surface area contributed by atoms with E-state index in [-0.39, 0.29) is 0 Å². The quantitative estimate of drug-likeness (QED) is 0.795. The third kappa shape index (κ3) is 3.51. The van der Waals surface area contributed by atoms with Crippen molar-refractivity contribution < 1.29 is 9.90 Å². The second kappa shape index (κ2) is 5.12. The van der Waals surface area contributed by atoms with Crippen LogP contribution in [0.15, 0.2) is 24.3 Å². The number of carboxylic acid groups (broad SMARTS) is 1. The molecule has 0 aliphatic carbocycles. The first kappa shape index (κ1) is 12.0. The van der Waals surface area contributed by atoms with Gasteiger partial charge in [-0.1, -0.05) is 42.9 Å². The van der Waals surface area contributed by atoms with E-state index in [2.05, 4.69) is 25.2 Å². The summed E-state index contributed by atoms with van der Waals surface area (Å²) in [7, 11) is -0.574. The average molecular weight is 222 g/mol. The van der Waals surface area contributed by atoms with Crippen LogP contribution in [0.2, 0.25) is 13.1 Å². The van der Waals surface area contributed by atoms with Gasteiger partial charge in [0.05, 0.1) is 5.92 Å². The van der Waals surface area contributed by atoms with E-state index in [0.29, 0.717) is 0 Å². The molecule has 2 nitrogen and oxygen atoms in total. The number of rotatable bonds is 4. The third-order valence-electron chi connectivity index (χ3n) is 2.49. The Balaban J connectivity index is 2.76. The maximum Gasteiger partial charge on any atom is 0.310 e. The Hall–Kier alpha value is -1.09. The summed E-state index contributed by atoms with van der Waals surface area (Å²) in [4.78, 5) is 10.8. The average Bonchev–Trinajstić information content (AvgIpc) is 2.17. The molecule has 1 rings (SSSR count). The van der Waals surface area contributed by atoms with E-state index < -0.39 is 20.7 Å². The van der Waals surface area contributed by atoms with Gasteiger partial charge in [0, 0.05) is 8.80 Å². The van der Waals surface area contributed by atoms with Crippen LogP contribution < -0.4 is 0 Å². The molecule has 15 heavy (non-hydrogen) atoms. The lowest BCUT2D eigenvalue weighted by atomic mass is 10.0. The van der Waals surface area contributed by atoms with Crippen LogP contribution >= 0.6 is 0 Å². The van der Waals surface area contributed by atoms with E-state index in [0.717, 1.165) is 5.56 Å². The Morgan fingerprint density at radius 1 is 1.33 bits per heavy atom. The van der Waals surface area contributed by atoms with Gasteiger partial charge in [-0.25, -0.2) is 0 Å². The molecule has 1 unspecified atom stereocenters. The van der Waals surface area contributed by atoms with Crippen molar-refractivity contribution in [1.82, 2.24) is 0 Å². The molecular weight excluding hydrogens is 204 g/mol. The Morgan fingerprint density at radius 2 is 1.87 bits per heavy atom. The van der Waals surface area contributed by atoms with Gasteiger partial charge in [-0.3, -0.25) is 4.79 Å². The Labute approximate surface area is 92.6 Å². The van der Waals surface area contributed by atoms with Crippen molar-refractivity contribution in [3.05, 3.63) is 35.4 Å². The van der Waals surface area contributed by atoms with Gasteiger partial charge in [0.1, 0.15) is 0 Å². The standard InChI is InChI=1S/C12H18O2Si/c1-9(12(13)14)11-6-4-10(5-7-11)8-15(2)3/h4-7,9,15H,8H2,1-3H3,(H,13,14). The summed E-state index contributed by atoms with van der Waals surface area (Å²) in [5.41, 5.74) is 2.22. The van der Waals surface area contributed by atoms with Crippen molar-refractivity contribution in [2.45, 2.75) is 32.0 Å². The molecule has 0 aliphatic heterocycles.